The molecule has 2 aliphatic carbocycles. The van der Waals surface area contributed by atoms with Crippen molar-refractivity contribution in [1.82, 2.24) is 10.2 Å². The van der Waals surface area contributed by atoms with E-state index in [9.17, 15) is 0 Å². The lowest BCUT2D eigenvalue weighted by Crippen LogP contribution is -2.42. The van der Waals surface area contributed by atoms with Gasteiger partial charge in [0.2, 0.25) is 0 Å². The first-order valence-electron chi connectivity index (χ1n) is 9.32. The van der Waals surface area contributed by atoms with Crippen molar-refractivity contribution in [3.63, 3.8) is 0 Å². The summed E-state index contributed by atoms with van der Waals surface area (Å²) in [5.41, 5.74) is 0.775. The summed E-state index contributed by atoms with van der Waals surface area (Å²) in [5.74, 6) is 0. The lowest BCUT2D eigenvalue weighted by molar-refractivity contribution is 0.0672. The molecule has 2 saturated carbocycles. The van der Waals surface area contributed by atoms with Crippen molar-refractivity contribution in [2.24, 2.45) is 5.41 Å². The fourth-order valence-electron chi connectivity index (χ4n) is 4.79. The molecule has 0 bridgehead atoms. The largest absolute Gasteiger partial charge is 0.314 e. The van der Waals surface area contributed by atoms with Crippen molar-refractivity contribution in [2.45, 2.75) is 83.1 Å². The van der Waals surface area contributed by atoms with E-state index in [-0.39, 0.29) is 0 Å². The van der Waals surface area contributed by atoms with E-state index in [0.29, 0.717) is 0 Å². The first kappa shape index (κ1) is 14.8. The molecule has 2 nitrogen and oxygen atoms in total. The Bertz CT molecular complexity index is 267. The number of likely N-dealkylation sites (tertiary alicyclic amines) is 1. The number of hydrogen-bond donors (Lipinski definition) is 1. The zero-order valence-electron chi connectivity index (χ0n) is 13.3. The molecule has 20 heavy (non-hydrogen) atoms. The molecule has 3 rings (SSSR count). The van der Waals surface area contributed by atoms with Crippen molar-refractivity contribution < 1.29 is 0 Å². The third-order valence-electron chi connectivity index (χ3n) is 6.27. The van der Waals surface area contributed by atoms with Gasteiger partial charge in [0.25, 0.3) is 0 Å². The molecule has 0 aromatic carbocycles. The third-order valence-corrected chi connectivity index (χ3v) is 6.27. The fraction of sp³-hybridized carbons (Fsp3) is 1.00. The molecule has 2 heteroatoms. The molecule has 0 unspecified atom stereocenters. The van der Waals surface area contributed by atoms with E-state index in [1.54, 1.807) is 0 Å². The second-order valence-electron chi connectivity index (χ2n) is 7.69. The van der Waals surface area contributed by atoms with Crippen molar-refractivity contribution >= 4 is 0 Å². The minimum absolute atomic E-state index is 0.775. The standard InChI is InChI=1S/C18H34N2/c1-4-9-18(10-5-1)11-15-20(16-12-18)14-6-13-19-17-7-2-3-8-17/h17,19H,1-16H2. The molecule has 3 fully saturated rings. The van der Waals surface area contributed by atoms with Crippen LogP contribution in [-0.4, -0.2) is 37.1 Å². The summed E-state index contributed by atoms with van der Waals surface area (Å²) in [7, 11) is 0. The second-order valence-corrected chi connectivity index (χ2v) is 7.69. The molecule has 0 radical (unpaired) electrons. The lowest BCUT2D eigenvalue weighted by atomic mass is 9.68. The summed E-state index contributed by atoms with van der Waals surface area (Å²) in [4.78, 5) is 2.73. The van der Waals surface area contributed by atoms with Crippen LogP contribution in [0.5, 0.6) is 0 Å². The molecule has 0 atom stereocenters. The first-order valence-corrected chi connectivity index (χ1v) is 9.32. The van der Waals surface area contributed by atoms with Gasteiger partial charge in [0, 0.05) is 6.04 Å². The van der Waals surface area contributed by atoms with E-state index in [2.05, 4.69) is 10.2 Å². The molecule has 3 aliphatic rings. The Kier molecular flexibility index (Phi) is 5.39. The smallest absolute Gasteiger partial charge is 0.00670 e. The predicted molar refractivity (Wildman–Crippen MR) is 86.1 cm³/mol. The number of hydrogen-bond acceptors (Lipinski definition) is 2. The Balaban J connectivity index is 1.28. The average Bonchev–Trinajstić information content (AvgIpc) is 3.00. The van der Waals surface area contributed by atoms with E-state index in [1.165, 1.54) is 103 Å². The van der Waals surface area contributed by atoms with Crippen LogP contribution >= 0.6 is 0 Å². The van der Waals surface area contributed by atoms with Crippen molar-refractivity contribution in [1.29, 1.82) is 0 Å². The normalized spacial score (nSPS) is 28.2. The number of rotatable bonds is 5. The van der Waals surface area contributed by atoms with Gasteiger partial charge in [-0.3, -0.25) is 0 Å². The van der Waals surface area contributed by atoms with Gasteiger partial charge in [0.1, 0.15) is 0 Å². The van der Waals surface area contributed by atoms with Gasteiger partial charge in [-0.2, -0.15) is 0 Å². The number of piperidine rings is 1. The van der Waals surface area contributed by atoms with Crippen LogP contribution in [0.2, 0.25) is 0 Å². The quantitative estimate of drug-likeness (QED) is 0.766. The molecule has 0 aromatic heterocycles. The maximum absolute atomic E-state index is 3.75. The molecule has 0 amide bonds. The van der Waals surface area contributed by atoms with E-state index in [1.807, 2.05) is 0 Å². The van der Waals surface area contributed by atoms with Crippen LogP contribution in [-0.2, 0) is 0 Å². The van der Waals surface area contributed by atoms with Crippen molar-refractivity contribution in [3.8, 4) is 0 Å². The minimum Gasteiger partial charge on any atom is -0.314 e. The molecular weight excluding hydrogens is 244 g/mol. The van der Waals surface area contributed by atoms with Crippen LogP contribution in [0, 0.1) is 5.41 Å². The van der Waals surface area contributed by atoms with Crippen molar-refractivity contribution in [2.75, 3.05) is 26.2 Å². The Labute approximate surface area is 125 Å². The maximum atomic E-state index is 3.75. The van der Waals surface area contributed by atoms with Crippen LogP contribution < -0.4 is 5.32 Å². The van der Waals surface area contributed by atoms with Gasteiger partial charge in [-0.1, -0.05) is 32.1 Å². The van der Waals surface area contributed by atoms with Crippen LogP contribution in [0.15, 0.2) is 0 Å². The Morgan fingerprint density at radius 3 is 2.25 bits per heavy atom. The molecule has 1 saturated heterocycles. The van der Waals surface area contributed by atoms with E-state index in [0.717, 1.165) is 11.5 Å². The minimum atomic E-state index is 0.775. The van der Waals surface area contributed by atoms with Gasteiger partial charge in [0.15, 0.2) is 0 Å². The third kappa shape index (κ3) is 3.98. The summed E-state index contributed by atoms with van der Waals surface area (Å²) >= 11 is 0. The summed E-state index contributed by atoms with van der Waals surface area (Å²) in [6.07, 6.45) is 17.6. The first-order chi connectivity index (χ1) is 9.86. The highest BCUT2D eigenvalue weighted by Crippen LogP contribution is 2.44. The molecule has 0 aromatic rings. The maximum Gasteiger partial charge on any atom is 0.00670 e. The topological polar surface area (TPSA) is 15.3 Å². The average molecular weight is 278 g/mol. The molecule has 1 N–H and O–H groups in total. The van der Waals surface area contributed by atoms with E-state index < -0.39 is 0 Å². The monoisotopic (exact) mass is 278 g/mol. The SMILES string of the molecule is C1CCC2(CC1)CCN(CCCNC1CCCC1)CC2. The van der Waals surface area contributed by atoms with Crippen LogP contribution in [0.1, 0.15) is 77.0 Å². The van der Waals surface area contributed by atoms with Gasteiger partial charge in [-0.25, -0.2) is 0 Å². The molecule has 1 spiro atoms. The Morgan fingerprint density at radius 2 is 1.55 bits per heavy atom. The Morgan fingerprint density at radius 1 is 0.850 bits per heavy atom. The van der Waals surface area contributed by atoms with Crippen LogP contribution in [0.25, 0.3) is 0 Å². The van der Waals surface area contributed by atoms with Gasteiger partial charge in [-0.05, 0) is 76.5 Å². The van der Waals surface area contributed by atoms with E-state index in [4.69, 9.17) is 0 Å². The lowest BCUT2D eigenvalue weighted by Gasteiger charge is -2.44. The molecular formula is C18H34N2. The highest BCUT2D eigenvalue weighted by Gasteiger charge is 2.35. The Hall–Kier alpha value is -0.0800. The van der Waals surface area contributed by atoms with E-state index >= 15 is 0 Å². The summed E-state index contributed by atoms with van der Waals surface area (Å²) in [6, 6.07) is 0.849. The molecule has 116 valence electrons. The number of nitrogens with one attached hydrogen (secondary N) is 1. The van der Waals surface area contributed by atoms with Gasteiger partial charge in [0.05, 0.1) is 0 Å². The summed E-state index contributed by atoms with van der Waals surface area (Å²) < 4.78 is 0. The van der Waals surface area contributed by atoms with Crippen LogP contribution in [0.3, 0.4) is 0 Å². The highest BCUT2D eigenvalue weighted by atomic mass is 15.1. The summed E-state index contributed by atoms with van der Waals surface area (Å²) in [5, 5.41) is 3.75. The number of nitrogens with zero attached hydrogens (tertiary/aromatic N) is 1. The predicted octanol–water partition coefficient (Wildman–Crippen LogP) is 3.96. The second kappa shape index (κ2) is 7.26. The zero-order valence-corrected chi connectivity index (χ0v) is 13.3. The molecule has 1 heterocycles. The van der Waals surface area contributed by atoms with Gasteiger partial charge >= 0.3 is 0 Å². The molecule has 1 aliphatic heterocycles. The van der Waals surface area contributed by atoms with Crippen molar-refractivity contribution in [3.05, 3.63) is 0 Å². The fourth-order valence-corrected chi connectivity index (χ4v) is 4.79. The highest BCUT2D eigenvalue weighted by molar-refractivity contribution is 4.88. The van der Waals surface area contributed by atoms with Crippen LogP contribution in [0.4, 0.5) is 0 Å². The summed E-state index contributed by atoms with van der Waals surface area (Å²) in [6.45, 7) is 5.33. The van der Waals surface area contributed by atoms with Gasteiger partial charge < -0.3 is 10.2 Å². The van der Waals surface area contributed by atoms with Gasteiger partial charge in [-0.15, -0.1) is 0 Å². The zero-order chi connectivity index (χ0) is 13.7.